The van der Waals surface area contributed by atoms with E-state index >= 15 is 0 Å². The van der Waals surface area contributed by atoms with Crippen molar-refractivity contribution in [2.45, 2.75) is 38.1 Å². The van der Waals surface area contributed by atoms with Crippen LogP contribution in [0.3, 0.4) is 0 Å². The van der Waals surface area contributed by atoms with Gasteiger partial charge in [-0.3, -0.25) is 0 Å². The van der Waals surface area contributed by atoms with Crippen LogP contribution in [0.15, 0.2) is 29.2 Å². The molecule has 1 aromatic carbocycles. The molecule has 0 bridgehead atoms. The Hall–Kier alpha value is -0.520. The summed E-state index contributed by atoms with van der Waals surface area (Å²) >= 11 is 1.62. The Balaban J connectivity index is 2.42. The van der Waals surface area contributed by atoms with Crippen molar-refractivity contribution in [3.63, 3.8) is 0 Å². The van der Waals surface area contributed by atoms with E-state index in [1.165, 1.54) is 5.56 Å². The Kier molecular flexibility index (Phi) is 8.26. The van der Waals surface area contributed by atoms with Gasteiger partial charge < -0.3 is 5.32 Å². The third kappa shape index (κ3) is 7.31. The lowest BCUT2D eigenvalue weighted by molar-refractivity contribution is 0.596. The Morgan fingerprint density at radius 1 is 1.15 bits per heavy atom. The molecule has 0 spiro atoms. The lowest BCUT2D eigenvalue weighted by Crippen LogP contribution is -2.13. The van der Waals surface area contributed by atoms with E-state index in [2.05, 4.69) is 24.4 Å². The maximum absolute atomic E-state index is 11.6. The highest BCUT2D eigenvalue weighted by molar-refractivity contribution is 8.00. The van der Waals surface area contributed by atoms with E-state index in [9.17, 15) is 8.42 Å². The molecule has 0 aliphatic heterocycles. The number of benzene rings is 1. The molecule has 114 valence electrons. The molecule has 0 saturated carbocycles. The van der Waals surface area contributed by atoms with Gasteiger partial charge in [0.05, 0.1) is 5.75 Å². The van der Waals surface area contributed by atoms with Gasteiger partial charge in [-0.25, -0.2) is 8.42 Å². The standard InChI is InChI=1S/C15H25NO2S2/c1-3-8-16-13-14-6-5-7-15(12-14)19-9-11-20(17,18)10-4-2/h5-7,12,16H,3-4,8-11,13H2,1-2H3. The fourth-order valence-electron chi connectivity index (χ4n) is 1.85. The van der Waals surface area contributed by atoms with Crippen LogP contribution < -0.4 is 5.32 Å². The van der Waals surface area contributed by atoms with E-state index in [1.807, 2.05) is 19.1 Å². The van der Waals surface area contributed by atoms with Crippen molar-refractivity contribution in [3.05, 3.63) is 29.8 Å². The molecule has 20 heavy (non-hydrogen) atoms. The Labute approximate surface area is 127 Å². The summed E-state index contributed by atoms with van der Waals surface area (Å²) in [6.45, 7) is 5.94. The van der Waals surface area contributed by atoms with E-state index in [1.54, 1.807) is 11.8 Å². The van der Waals surface area contributed by atoms with Gasteiger partial charge in [0.25, 0.3) is 0 Å². The molecule has 5 heteroatoms. The summed E-state index contributed by atoms with van der Waals surface area (Å²) in [5, 5.41) is 3.37. The fourth-order valence-corrected chi connectivity index (χ4v) is 4.67. The minimum absolute atomic E-state index is 0.268. The third-order valence-electron chi connectivity index (χ3n) is 2.83. The first-order chi connectivity index (χ1) is 9.57. The number of hydrogen-bond acceptors (Lipinski definition) is 4. The lowest BCUT2D eigenvalue weighted by Gasteiger charge is -2.07. The van der Waals surface area contributed by atoms with E-state index < -0.39 is 9.84 Å². The minimum atomic E-state index is -2.86. The summed E-state index contributed by atoms with van der Waals surface area (Å²) in [4.78, 5) is 1.15. The van der Waals surface area contributed by atoms with Crippen LogP contribution in [0.25, 0.3) is 0 Å². The number of sulfone groups is 1. The smallest absolute Gasteiger partial charge is 0.151 e. The summed E-state index contributed by atoms with van der Waals surface area (Å²) in [5.41, 5.74) is 1.25. The first kappa shape index (κ1) is 17.5. The van der Waals surface area contributed by atoms with Crippen molar-refractivity contribution in [1.29, 1.82) is 0 Å². The molecule has 0 fully saturated rings. The van der Waals surface area contributed by atoms with Crippen molar-refractivity contribution in [2.75, 3.05) is 23.8 Å². The minimum Gasteiger partial charge on any atom is -0.313 e. The topological polar surface area (TPSA) is 46.2 Å². The Bertz CT molecular complexity index is 486. The highest BCUT2D eigenvalue weighted by atomic mass is 32.2. The predicted octanol–water partition coefficient (Wildman–Crippen LogP) is 3.10. The second-order valence-electron chi connectivity index (χ2n) is 4.82. The summed E-state index contributed by atoms with van der Waals surface area (Å²) in [7, 11) is -2.86. The average Bonchev–Trinajstić information content (AvgIpc) is 2.39. The average molecular weight is 316 g/mol. The number of hydrogen-bond donors (Lipinski definition) is 1. The molecule has 0 aromatic heterocycles. The molecule has 3 nitrogen and oxygen atoms in total. The normalized spacial score (nSPS) is 11.7. The van der Waals surface area contributed by atoms with Gasteiger partial charge in [-0.15, -0.1) is 11.8 Å². The van der Waals surface area contributed by atoms with Crippen LogP contribution in [0, 0.1) is 0 Å². The van der Waals surface area contributed by atoms with Gasteiger partial charge in [0.15, 0.2) is 9.84 Å². The van der Waals surface area contributed by atoms with Crippen molar-refractivity contribution in [1.82, 2.24) is 5.32 Å². The molecule has 0 aliphatic carbocycles. The van der Waals surface area contributed by atoms with Gasteiger partial charge in [-0.05, 0) is 37.1 Å². The molecule has 0 unspecified atom stereocenters. The highest BCUT2D eigenvalue weighted by Crippen LogP contribution is 2.19. The number of thioether (sulfide) groups is 1. The molecule has 1 N–H and O–H groups in total. The summed E-state index contributed by atoms with van der Waals surface area (Å²) in [6.07, 6.45) is 1.83. The second-order valence-corrected chi connectivity index (χ2v) is 8.30. The van der Waals surface area contributed by atoms with Crippen molar-refractivity contribution >= 4 is 21.6 Å². The van der Waals surface area contributed by atoms with Crippen molar-refractivity contribution < 1.29 is 8.42 Å². The predicted molar refractivity (Wildman–Crippen MR) is 88.1 cm³/mol. The van der Waals surface area contributed by atoms with E-state index in [0.717, 1.165) is 24.4 Å². The molecular formula is C15H25NO2S2. The van der Waals surface area contributed by atoms with Gasteiger partial charge in [0, 0.05) is 22.9 Å². The maximum Gasteiger partial charge on any atom is 0.151 e. The molecule has 0 radical (unpaired) electrons. The van der Waals surface area contributed by atoms with Crippen LogP contribution >= 0.6 is 11.8 Å². The first-order valence-corrected chi connectivity index (χ1v) is 10.0. The molecular weight excluding hydrogens is 290 g/mol. The SMILES string of the molecule is CCCNCc1cccc(SCCS(=O)(=O)CCC)c1. The molecule has 0 aliphatic rings. The van der Waals surface area contributed by atoms with Gasteiger partial charge in [0.2, 0.25) is 0 Å². The molecule has 1 rings (SSSR count). The van der Waals surface area contributed by atoms with Crippen LogP contribution in [0.1, 0.15) is 32.3 Å². The van der Waals surface area contributed by atoms with Crippen molar-refractivity contribution in [3.8, 4) is 0 Å². The van der Waals surface area contributed by atoms with Gasteiger partial charge >= 0.3 is 0 Å². The number of rotatable bonds is 10. The van der Waals surface area contributed by atoms with Crippen LogP contribution in [0.4, 0.5) is 0 Å². The van der Waals surface area contributed by atoms with Crippen LogP contribution in [-0.2, 0) is 16.4 Å². The zero-order valence-electron chi connectivity index (χ0n) is 12.4. The molecule has 0 saturated heterocycles. The molecule has 1 aromatic rings. The first-order valence-electron chi connectivity index (χ1n) is 7.20. The highest BCUT2D eigenvalue weighted by Gasteiger charge is 2.09. The molecule has 0 atom stereocenters. The Morgan fingerprint density at radius 2 is 1.95 bits per heavy atom. The van der Waals surface area contributed by atoms with Crippen LogP contribution in [-0.4, -0.2) is 32.2 Å². The van der Waals surface area contributed by atoms with Crippen LogP contribution in [0.2, 0.25) is 0 Å². The van der Waals surface area contributed by atoms with Gasteiger partial charge in [0.1, 0.15) is 0 Å². The summed E-state index contributed by atoms with van der Waals surface area (Å²) in [6, 6.07) is 8.31. The maximum atomic E-state index is 11.6. The zero-order chi connectivity index (χ0) is 14.8. The molecule has 0 heterocycles. The van der Waals surface area contributed by atoms with Gasteiger partial charge in [-0.2, -0.15) is 0 Å². The lowest BCUT2D eigenvalue weighted by atomic mass is 10.2. The largest absolute Gasteiger partial charge is 0.313 e. The van der Waals surface area contributed by atoms with Crippen LogP contribution in [0.5, 0.6) is 0 Å². The molecule has 0 amide bonds. The van der Waals surface area contributed by atoms with E-state index in [4.69, 9.17) is 0 Å². The van der Waals surface area contributed by atoms with Crippen molar-refractivity contribution in [2.24, 2.45) is 0 Å². The monoisotopic (exact) mass is 315 g/mol. The third-order valence-corrected chi connectivity index (χ3v) is 5.94. The second kappa shape index (κ2) is 9.42. The summed E-state index contributed by atoms with van der Waals surface area (Å²) in [5.74, 6) is 1.20. The van der Waals surface area contributed by atoms with Gasteiger partial charge in [-0.1, -0.05) is 26.0 Å². The van der Waals surface area contributed by atoms with E-state index in [0.29, 0.717) is 17.9 Å². The Morgan fingerprint density at radius 3 is 2.65 bits per heavy atom. The quantitative estimate of drug-likeness (QED) is 0.532. The zero-order valence-corrected chi connectivity index (χ0v) is 14.0. The fraction of sp³-hybridized carbons (Fsp3) is 0.600. The van der Waals surface area contributed by atoms with E-state index in [-0.39, 0.29) is 5.75 Å². The summed E-state index contributed by atoms with van der Waals surface area (Å²) < 4.78 is 23.3. The number of nitrogens with one attached hydrogen (secondary N) is 1.